The predicted octanol–water partition coefficient (Wildman–Crippen LogP) is 3.78. The molecular formula is C17H19N. The van der Waals surface area contributed by atoms with Crippen LogP contribution >= 0.6 is 0 Å². The lowest BCUT2D eigenvalue weighted by Crippen LogP contribution is -2.35. The number of hydrogen-bond acceptors (Lipinski definition) is 1. The molecule has 3 rings (SSSR count). The first-order valence-corrected chi connectivity index (χ1v) is 6.68. The molecule has 18 heavy (non-hydrogen) atoms. The fourth-order valence-electron chi connectivity index (χ4n) is 2.97. The standard InChI is InChI=1S/C17H19N/c18-13-17(10-4-1-5-11-17)16-9-8-14-6-2-3-7-15(14)12-16/h1-4,6-9,12H,5,10-11,13,18H2/t17-/m1/s1. The van der Waals surface area contributed by atoms with Crippen LogP contribution in [0.5, 0.6) is 0 Å². The molecule has 0 spiro atoms. The van der Waals surface area contributed by atoms with Crippen LogP contribution in [0.2, 0.25) is 0 Å². The van der Waals surface area contributed by atoms with Crippen LogP contribution < -0.4 is 5.73 Å². The third-order valence-corrected chi connectivity index (χ3v) is 4.22. The van der Waals surface area contributed by atoms with Crippen molar-refractivity contribution in [3.05, 3.63) is 60.2 Å². The molecule has 0 radical (unpaired) electrons. The van der Waals surface area contributed by atoms with Gasteiger partial charge in [0.2, 0.25) is 0 Å². The zero-order valence-electron chi connectivity index (χ0n) is 10.6. The predicted molar refractivity (Wildman–Crippen MR) is 77.7 cm³/mol. The topological polar surface area (TPSA) is 26.0 Å². The number of benzene rings is 2. The minimum Gasteiger partial charge on any atom is -0.330 e. The van der Waals surface area contributed by atoms with E-state index in [9.17, 15) is 0 Å². The quantitative estimate of drug-likeness (QED) is 0.790. The van der Waals surface area contributed by atoms with Crippen LogP contribution in [0.1, 0.15) is 24.8 Å². The Morgan fingerprint density at radius 2 is 1.83 bits per heavy atom. The molecule has 0 heterocycles. The van der Waals surface area contributed by atoms with Gasteiger partial charge in [-0.3, -0.25) is 0 Å². The fraction of sp³-hybridized carbons (Fsp3) is 0.294. The van der Waals surface area contributed by atoms with Gasteiger partial charge in [0.1, 0.15) is 0 Å². The lowest BCUT2D eigenvalue weighted by molar-refractivity contribution is 0.398. The monoisotopic (exact) mass is 237 g/mol. The van der Waals surface area contributed by atoms with Crippen molar-refractivity contribution in [2.45, 2.75) is 24.7 Å². The van der Waals surface area contributed by atoms with Gasteiger partial charge in [0, 0.05) is 12.0 Å². The van der Waals surface area contributed by atoms with Gasteiger partial charge in [-0.2, -0.15) is 0 Å². The van der Waals surface area contributed by atoms with E-state index < -0.39 is 0 Å². The summed E-state index contributed by atoms with van der Waals surface area (Å²) >= 11 is 0. The highest BCUT2D eigenvalue weighted by atomic mass is 14.6. The van der Waals surface area contributed by atoms with Crippen molar-refractivity contribution in [2.24, 2.45) is 5.73 Å². The second kappa shape index (κ2) is 4.58. The van der Waals surface area contributed by atoms with E-state index in [1.165, 1.54) is 22.8 Å². The van der Waals surface area contributed by atoms with Gasteiger partial charge in [-0.25, -0.2) is 0 Å². The smallest absolute Gasteiger partial charge is 0.0113 e. The van der Waals surface area contributed by atoms with Crippen LogP contribution in [0.15, 0.2) is 54.6 Å². The third kappa shape index (κ3) is 1.85. The summed E-state index contributed by atoms with van der Waals surface area (Å²) < 4.78 is 0. The molecule has 1 atom stereocenters. The van der Waals surface area contributed by atoms with Gasteiger partial charge in [-0.1, -0.05) is 54.6 Å². The van der Waals surface area contributed by atoms with E-state index in [1.54, 1.807) is 0 Å². The Morgan fingerprint density at radius 3 is 2.56 bits per heavy atom. The van der Waals surface area contributed by atoms with Crippen LogP contribution in [-0.4, -0.2) is 6.54 Å². The molecule has 0 aromatic heterocycles. The van der Waals surface area contributed by atoms with Gasteiger partial charge in [0.25, 0.3) is 0 Å². The Hall–Kier alpha value is -1.60. The molecular weight excluding hydrogens is 218 g/mol. The summed E-state index contributed by atoms with van der Waals surface area (Å²) in [7, 11) is 0. The van der Waals surface area contributed by atoms with Crippen molar-refractivity contribution in [1.29, 1.82) is 0 Å². The second-order valence-electron chi connectivity index (χ2n) is 5.26. The molecule has 1 aliphatic rings. The summed E-state index contributed by atoms with van der Waals surface area (Å²) in [6.07, 6.45) is 7.94. The van der Waals surface area contributed by atoms with Crippen molar-refractivity contribution in [3.63, 3.8) is 0 Å². The summed E-state index contributed by atoms with van der Waals surface area (Å²) in [5.74, 6) is 0. The second-order valence-corrected chi connectivity index (χ2v) is 5.26. The van der Waals surface area contributed by atoms with E-state index in [2.05, 4.69) is 54.6 Å². The highest BCUT2D eigenvalue weighted by Gasteiger charge is 2.30. The molecule has 0 unspecified atom stereocenters. The first-order chi connectivity index (χ1) is 8.84. The molecule has 92 valence electrons. The maximum Gasteiger partial charge on any atom is 0.0113 e. The fourth-order valence-corrected chi connectivity index (χ4v) is 2.97. The number of fused-ring (bicyclic) bond motifs is 1. The highest BCUT2D eigenvalue weighted by molar-refractivity contribution is 5.83. The minimum absolute atomic E-state index is 0.152. The molecule has 0 saturated heterocycles. The Kier molecular flexibility index (Phi) is 2.92. The van der Waals surface area contributed by atoms with Crippen LogP contribution in [0, 0.1) is 0 Å². The SMILES string of the molecule is NC[C@@]1(c2ccc3ccccc3c2)CC=CCC1. The Balaban J connectivity index is 2.09. The lowest BCUT2D eigenvalue weighted by Gasteiger charge is -2.34. The van der Waals surface area contributed by atoms with E-state index in [0.29, 0.717) is 0 Å². The molecule has 1 nitrogen and oxygen atoms in total. The average Bonchev–Trinajstić information content (AvgIpc) is 2.47. The largest absolute Gasteiger partial charge is 0.330 e. The summed E-state index contributed by atoms with van der Waals surface area (Å²) in [5.41, 5.74) is 7.63. The third-order valence-electron chi connectivity index (χ3n) is 4.22. The maximum atomic E-state index is 6.08. The molecule has 0 saturated carbocycles. The number of rotatable bonds is 2. The van der Waals surface area contributed by atoms with Crippen LogP contribution in [0.4, 0.5) is 0 Å². The molecule has 1 aliphatic carbocycles. The molecule has 2 aromatic carbocycles. The lowest BCUT2D eigenvalue weighted by atomic mass is 9.71. The first kappa shape index (κ1) is 11.5. The minimum atomic E-state index is 0.152. The average molecular weight is 237 g/mol. The van der Waals surface area contributed by atoms with Crippen LogP contribution in [0.25, 0.3) is 10.8 Å². The Labute approximate surface area is 108 Å². The maximum absolute atomic E-state index is 6.08. The molecule has 1 heteroatoms. The number of nitrogens with two attached hydrogens (primary N) is 1. The summed E-state index contributed by atoms with van der Waals surface area (Å²) in [6.45, 7) is 0.732. The Morgan fingerprint density at radius 1 is 1.00 bits per heavy atom. The van der Waals surface area contributed by atoms with Gasteiger partial charge in [0.15, 0.2) is 0 Å². The molecule has 0 amide bonds. The van der Waals surface area contributed by atoms with Crippen LogP contribution in [0.3, 0.4) is 0 Å². The van der Waals surface area contributed by atoms with Crippen LogP contribution in [-0.2, 0) is 5.41 Å². The summed E-state index contributed by atoms with van der Waals surface area (Å²) in [6, 6.07) is 15.3. The Bertz CT molecular complexity index is 585. The highest BCUT2D eigenvalue weighted by Crippen LogP contribution is 2.36. The van der Waals surface area contributed by atoms with E-state index in [1.807, 2.05) is 0 Å². The van der Waals surface area contributed by atoms with Crippen molar-refractivity contribution in [1.82, 2.24) is 0 Å². The first-order valence-electron chi connectivity index (χ1n) is 6.68. The molecule has 0 fully saturated rings. The van der Waals surface area contributed by atoms with Gasteiger partial charge in [-0.15, -0.1) is 0 Å². The summed E-state index contributed by atoms with van der Waals surface area (Å²) in [5, 5.41) is 2.62. The van der Waals surface area contributed by atoms with E-state index in [4.69, 9.17) is 5.73 Å². The van der Waals surface area contributed by atoms with Crippen molar-refractivity contribution in [3.8, 4) is 0 Å². The molecule has 2 N–H and O–H groups in total. The number of hydrogen-bond donors (Lipinski definition) is 1. The van der Waals surface area contributed by atoms with Gasteiger partial charge >= 0.3 is 0 Å². The van der Waals surface area contributed by atoms with E-state index >= 15 is 0 Å². The number of allylic oxidation sites excluding steroid dienone is 2. The summed E-state index contributed by atoms with van der Waals surface area (Å²) in [4.78, 5) is 0. The zero-order chi connectivity index (χ0) is 12.4. The van der Waals surface area contributed by atoms with E-state index in [-0.39, 0.29) is 5.41 Å². The van der Waals surface area contributed by atoms with Crippen molar-refractivity contribution >= 4 is 10.8 Å². The van der Waals surface area contributed by atoms with Gasteiger partial charge in [0.05, 0.1) is 0 Å². The zero-order valence-corrected chi connectivity index (χ0v) is 10.6. The molecule has 0 aliphatic heterocycles. The molecule has 0 bridgehead atoms. The normalized spacial score (nSPS) is 23.4. The van der Waals surface area contributed by atoms with E-state index in [0.717, 1.165) is 19.4 Å². The van der Waals surface area contributed by atoms with Crippen molar-refractivity contribution in [2.75, 3.05) is 6.54 Å². The van der Waals surface area contributed by atoms with Crippen molar-refractivity contribution < 1.29 is 0 Å². The van der Waals surface area contributed by atoms with Gasteiger partial charge in [-0.05, 0) is 35.6 Å². The van der Waals surface area contributed by atoms with Gasteiger partial charge < -0.3 is 5.73 Å². The molecule has 2 aromatic rings.